The number of ether oxygens (including phenoxy) is 2. The molecule has 0 radical (unpaired) electrons. The van der Waals surface area contributed by atoms with Crippen molar-refractivity contribution in [3.63, 3.8) is 0 Å². The Balaban J connectivity index is 2.59. The summed E-state index contributed by atoms with van der Waals surface area (Å²) >= 11 is 0. The van der Waals surface area contributed by atoms with Crippen molar-refractivity contribution in [3.8, 4) is 22.6 Å². The number of benzene rings is 1. The van der Waals surface area contributed by atoms with E-state index in [1.807, 2.05) is 32.2 Å². The molecule has 1 heterocycles. The molecule has 0 saturated carbocycles. The fourth-order valence-electron chi connectivity index (χ4n) is 3.85. The van der Waals surface area contributed by atoms with Gasteiger partial charge in [0.1, 0.15) is 11.5 Å². The van der Waals surface area contributed by atoms with Crippen LogP contribution >= 0.6 is 0 Å². The Morgan fingerprint density at radius 2 is 1.57 bits per heavy atom. The van der Waals surface area contributed by atoms with Crippen molar-refractivity contribution in [1.82, 2.24) is 9.47 Å². The van der Waals surface area contributed by atoms with Gasteiger partial charge < -0.3 is 14.0 Å². The number of hydrogen-bond donors (Lipinski definition) is 0. The number of aryl methyl sites for hydroxylation is 1. The Kier molecular flexibility index (Phi) is 7.30. The summed E-state index contributed by atoms with van der Waals surface area (Å²) in [6.07, 6.45) is 4.09. The van der Waals surface area contributed by atoms with Crippen LogP contribution < -0.4 is 15.0 Å². The molecule has 1 aromatic heterocycles. The lowest BCUT2D eigenvalue weighted by Crippen LogP contribution is -2.30. The van der Waals surface area contributed by atoms with Gasteiger partial charge in [-0.25, -0.2) is 0 Å². The highest BCUT2D eigenvalue weighted by Crippen LogP contribution is 2.37. The zero-order chi connectivity index (χ0) is 21.0. The van der Waals surface area contributed by atoms with E-state index >= 15 is 0 Å². The normalized spacial score (nSPS) is 11.4. The van der Waals surface area contributed by atoms with Crippen molar-refractivity contribution in [3.05, 3.63) is 45.4 Å². The van der Waals surface area contributed by atoms with E-state index in [9.17, 15) is 4.79 Å². The van der Waals surface area contributed by atoms with Gasteiger partial charge in [-0.05, 0) is 57.0 Å². The highest BCUT2D eigenvalue weighted by molar-refractivity contribution is 5.72. The highest BCUT2D eigenvalue weighted by atomic mass is 16.5. The highest BCUT2D eigenvalue weighted by Gasteiger charge is 2.20. The van der Waals surface area contributed by atoms with E-state index in [0.29, 0.717) is 6.04 Å². The van der Waals surface area contributed by atoms with E-state index in [1.54, 1.807) is 25.8 Å². The number of aromatic nitrogens is 1. The van der Waals surface area contributed by atoms with Gasteiger partial charge in [-0.2, -0.15) is 0 Å². The largest absolute Gasteiger partial charge is 0.496 e. The second-order valence-corrected chi connectivity index (χ2v) is 7.45. The number of rotatable bonds is 8. The molecular weight excluding hydrogens is 352 g/mol. The first-order valence-electron chi connectivity index (χ1n) is 9.91. The molecular formula is C23H34N2O3. The summed E-state index contributed by atoms with van der Waals surface area (Å²) in [6.45, 7) is 9.04. The monoisotopic (exact) mass is 386 g/mol. The molecule has 5 heteroatoms. The summed E-state index contributed by atoms with van der Waals surface area (Å²) in [6, 6.07) is 4.61. The lowest BCUT2D eigenvalue weighted by molar-refractivity contribution is 0.216. The van der Waals surface area contributed by atoms with Crippen molar-refractivity contribution in [2.45, 2.75) is 53.1 Å². The van der Waals surface area contributed by atoms with Gasteiger partial charge in [0, 0.05) is 37.0 Å². The third-order valence-corrected chi connectivity index (χ3v) is 5.82. The van der Waals surface area contributed by atoms with Crippen LogP contribution in [0, 0.1) is 13.8 Å². The van der Waals surface area contributed by atoms with Gasteiger partial charge in [0.05, 0.1) is 19.8 Å². The SMILES string of the molecule is CCC(CC)N(C)Cc1c(OC)cc(-c2cn(C)c(=O)c(C)c2C)cc1OC. The number of methoxy groups -OCH3 is 2. The molecule has 154 valence electrons. The molecule has 0 saturated heterocycles. The third-order valence-electron chi connectivity index (χ3n) is 5.82. The first kappa shape index (κ1) is 22.0. The molecule has 2 aromatic rings. The summed E-state index contributed by atoms with van der Waals surface area (Å²) in [5.41, 5.74) is 4.81. The second-order valence-electron chi connectivity index (χ2n) is 7.45. The average Bonchev–Trinajstić information content (AvgIpc) is 2.70. The molecule has 28 heavy (non-hydrogen) atoms. The topological polar surface area (TPSA) is 43.7 Å². The maximum atomic E-state index is 12.2. The minimum absolute atomic E-state index is 0.0311. The molecule has 5 nitrogen and oxygen atoms in total. The lowest BCUT2D eigenvalue weighted by atomic mass is 9.97. The maximum absolute atomic E-state index is 12.2. The average molecular weight is 387 g/mol. The Morgan fingerprint density at radius 3 is 2.04 bits per heavy atom. The van der Waals surface area contributed by atoms with Gasteiger partial charge in [-0.1, -0.05) is 13.8 Å². The number of nitrogens with zero attached hydrogens (tertiary/aromatic N) is 2. The lowest BCUT2D eigenvalue weighted by Gasteiger charge is -2.28. The van der Waals surface area contributed by atoms with Crippen LogP contribution in [-0.4, -0.2) is 36.8 Å². The molecule has 0 amide bonds. The standard InChI is InChI=1S/C23H34N2O3/c1-9-18(10-2)24(5)14-20-21(27-7)11-17(12-22(20)28-8)19-13-25(6)23(26)16(4)15(19)3/h11-13,18H,9-10,14H2,1-8H3. The first-order valence-corrected chi connectivity index (χ1v) is 9.91. The van der Waals surface area contributed by atoms with E-state index in [1.165, 1.54) is 0 Å². The smallest absolute Gasteiger partial charge is 0.253 e. The number of hydrogen-bond acceptors (Lipinski definition) is 4. The van der Waals surface area contributed by atoms with Crippen LogP contribution in [0.3, 0.4) is 0 Å². The molecule has 0 spiro atoms. The summed E-state index contributed by atoms with van der Waals surface area (Å²) < 4.78 is 13.1. The molecule has 0 aliphatic carbocycles. The minimum atomic E-state index is 0.0311. The summed E-state index contributed by atoms with van der Waals surface area (Å²) in [5, 5.41) is 0. The second kappa shape index (κ2) is 9.28. The molecule has 0 unspecified atom stereocenters. The van der Waals surface area contributed by atoms with Gasteiger partial charge in [0.25, 0.3) is 5.56 Å². The number of pyridine rings is 1. The Morgan fingerprint density at radius 1 is 1.04 bits per heavy atom. The zero-order valence-corrected chi connectivity index (χ0v) is 18.5. The van der Waals surface area contributed by atoms with Crippen LogP contribution in [-0.2, 0) is 13.6 Å². The van der Waals surface area contributed by atoms with Gasteiger partial charge >= 0.3 is 0 Å². The Hall–Kier alpha value is -2.27. The van der Waals surface area contributed by atoms with Crippen LogP contribution in [0.1, 0.15) is 43.4 Å². The van der Waals surface area contributed by atoms with Gasteiger partial charge in [0.2, 0.25) is 0 Å². The van der Waals surface area contributed by atoms with Gasteiger partial charge in [-0.3, -0.25) is 9.69 Å². The van der Waals surface area contributed by atoms with E-state index in [0.717, 1.165) is 58.7 Å². The third kappa shape index (κ3) is 4.25. The van der Waals surface area contributed by atoms with Gasteiger partial charge in [-0.15, -0.1) is 0 Å². The van der Waals surface area contributed by atoms with Crippen molar-refractivity contribution in [2.24, 2.45) is 7.05 Å². The molecule has 1 aromatic carbocycles. The molecule has 0 fully saturated rings. The van der Waals surface area contributed by atoms with E-state index in [2.05, 4.69) is 25.8 Å². The summed E-state index contributed by atoms with van der Waals surface area (Å²) in [4.78, 5) is 14.6. The molecule has 0 aliphatic rings. The van der Waals surface area contributed by atoms with E-state index < -0.39 is 0 Å². The summed E-state index contributed by atoms with van der Waals surface area (Å²) in [7, 11) is 7.31. The fraction of sp³-hybridized carbons (Fsp3) is 0.522. The predicted molar refractivity (Wildman–Crippen MR) is 116 cm³/mol. The molecule has 0 N–H and O–H groups in total. The quantitative estimate of drug-likeness (QED) is 0.678. The summed E-state index contributed by atoms with van der Waals surface area (Å²) in [5.74, 6) is 1.61. The maximum Gasteiger partial charge on any atom is 0.253 e. The van der Waals surface area contributed by atoms with Gasteiger partial charge in [0.15, 0.2) is 0 Å². The zero-order valence-electron chi connectivity index (χ0n) is 18.5. The van der Waals surface area contributed by atoms with Crippen LogP contribution in [0.15, 0.2) is 23.1 Å². The Labute approximate surface area is 168 Å². The van der Waals surface area contributed by atoms with Crippen LogP contribution in [0.5, 0.6) is 11.5 Å². The van der Waals surface area contributed by atoms with Crippen LogP contribution in [0.2, 0.25) is 0 Å². The predicted octanol–water partition coefficient (Wildman–Crippen LogP) is 4.31. The molecule has 2 rings (SSSR count). The van der Waals surface area contributed by atoms with Crippen molar-refractivity contribution in [2.75, 3.05) is 21.3 Å². The van der Waals surface area contributed by atoms with Crippen LogP contribution in [0.25, 0.3) is 11.1 Å². The van der Waals surface area contributed by atoms with Crippen LogP contribution in [0.4, 0.5) is 0 Å². The molecule has 0 aliphatic heterocycles. The van der Waals surface area contributed by atoms with E-state index in [4.69, 9.17) is 9.47 Å². The fourth-order valence-corrected chi connectivity index (χ4v) is 3.85. The van der Waals surface area contributed by atoms with Crippen molar-refractivity contribution >= 4 is 0 Å². The van der Waals surface area contributed by atoms with Crippen molar-refractivity contribution in [1.29, 1.82) is 0 Å². The van der Waals surface area contributed by atoms with E-state index in [-0.39, 0.29) is 5.56 Å². The minimum Gasteiger partial charge on any atom is -0.496 e. The first-order chi connectivity index (χ1) is 13.3. The molecule has 0 bridgehead atoms. The van der Waals surface area contributed by atoms with Crippen molar-refractivity contribution < 1.29 is 9.47 Å². The molecule has 0 atom stereocenters. The Bertz CT molecular complexity index is 857.